The van der Waals surface area contributed by atoms with Crippen molar-refractivity contribution in [2.75, 3.05) is 5.32 Å². The van der Waals surface area contributed by atoms with Crippen molar-refractivity contribution in [1.82, 2.24) is 9.97 Å². The van der Waals surface area contributed by atoms with Gasteiger partial charge in [0.1, 0.15) is 5.82 Å². The third kappa shape index (κ3) is 6.99. The summed E-state index contributed by atoms with van der Waals surface area (Å²) in [5.74, 6) is 1.59. The third-order valence-corrected chi connectivity index (χ3v) is 8.71. The number of nitrogens with one attached hydrogen (secondary N) is 3. The van der Waals surface area contributed by atoms with E-state index in [4.69, 9.17) is 20.8 Å². The van der Waals surface area contributed by atoms with Crippen LogP contribution < -0.4 is 5.32 Å². The van der Waals surface area contributed by atoms with Crippen LogP contribution in [0.5, 0.6) is 0 Å². The number of anilines is 1. The van der Waals surface area contributed by atoms with Gasteiger partial charge in [0, 0.05) is 41.7 Å². The molecular weight excluding hydrogens is 504 g/mol. The van der Waals surface area contributed by atoms with Crippen LogP contribution in [0.2, 0.25) is 0 Å². The number of aliphatic imine (C=N–C) groups is 1. The fraction of sp³-hybridized carbons (Fsp3) is 0.387. The Morgan fingerprint density at radius 3 is 2.64 bits per heavy atom. The number of rotatable bonds is 8. The largest absolute Gasteiger partial charge is 0.393 e. The molecular formula is C31H36N6OS. The molecule has 0 amide bonds. The molecule has 4 N–H and O–H groups in total. The van der Waals surface area contributed by atoms with Crippen LogP contribution >= 0.6 is 11.8 Å². The molecule has 1 aromatic carbocycles. The average molecular weight is 541 g/mol. The summed E-state index contributed by atoms with van der Waals surface area (Å²) in [6, 6.07) is 16.7. The lowest BCUT2D eigenvalue weighted by Crippen LogP contribution is -2.28. The molecule has 1 aliphatic carbocycles. The molecule has 1 atom stereocenters. The molecule has 202 valence electrons. The molecule has 0 radical (unpaired) electrons. The Bertz CT molecular complexity index is 1330. The van der Waals surface area contributed by atoms with Crippen molar-refractivity contribution in [3.05, 3.63) is 77.1 Å². The molecule has 1 fully saturated rings. The maximum Gasteiger partial charge on any atom is 0.155 e. The van der Waals surface area contributed by atoms with Gasteiger partial charge in [-0.05, 0) is 91.5 Å². The van der Waals surface area contributed by atoms with Gasteiger partial charge < -0.3 is 21.2 Å². The van der Waals surface area contributed by atoms with Crippen LogP contribution in [0, 0.1) is 10.8 Å². The zero-order valence-corrected chi connectivity index (χ0v) is 23.1. The number of aliphatic hydroxyl groups is 1. The molecule has 5 rings (SSSR count). The minimum Gasteiger partial charge on any atom is -0.393 e. The smallest absolute Gasteiger partial charge is 0.155 e. The van der Waals surface area contributed by atoms with Gasteiger partial charge in [-0.3, -0.25) is 4.98 Å². The summed E-state index contributed by atoms with van der Waals surface area (Å²) in [7, 11) is 0. The van der Waals surface area contributed by atoms with Crippen molar-refractivity contribution in [2.45, 2.75) is 80.7 Å². The van der Waals surface area contributed by atoms with Gasteiger partial charge in [0.15, 0.2) is 5.82 Å². The standard InChI is InChI=1S/C31H36N6OS/c1-20-5-12-31(39-28-17-22(6-11-27(20)28)23(18-32)19-33)37-30-16-21(14-25-4-2-3-13-34-25)15-29(36-30)35-24-7-9-26(38)10-8-24/h2-4,6,11,13,15-20,23-24,26,32-33,38H,5,7-10,12,14H2,1H3,(H,35,36). The summed E-state index contributed by atoms with van der Waals surface area (Å²) in [5.41, 5.74) is 4.36. The predicted molar refractivity (Wildman–Crippen MR) is 161 cm³/mol. The number of hydrogen-bond donors (Lipinski definition) is 4. The number of nitrogens with zero attached hydrogens (tertiary/aromatic N) is 3. The second kappa shape index (κ2) is 12.7. The highest BCUT2D eigenvalue weighted by Crippen LogP contribution is 2.39. The summed E-state index contributed by atoms with van der Waals surface area (Å²) in [6.45, 7) is 2.25. The first-order valence-corrected chi connectivity index (χ1v) is 14.6. The lowest BCUT2D eigenvalue weighted by molar-refractivity contribution is 0.126. The van der Waals surface area contributed by atoms with Gasteiger partial charge >= 0.3 is 0 Å². The SMILES string of the molecule is CC1CCC(=Nc2cc(Cc3ccccn3)cc(NC3CCC(O)CC3)n2)Sc2cc(C(C=N)C=N)ccc21. The molecule has 39 heavy (non-hydrogen) atoms. The van der Waals surface area contributed by atoms with Crippen LogP contribution in [0.1, 0.15) is 79.7 Å². The molecule has 3 heterocycles. The lowest BCUT2D eigenvalue weighted by atomic mass is 9.93. The van der Waals surface area contributed by atoms with E-state index in [-0.39, 0.29) is 12.0 Å². The van der Waals surface area contributed by atoms with Crippen molar-refractivity contribution < 1.29 is 5.11 Å². The highest BCUT2D eigenvalue weighted by Gasteiger charge is 2.22. The van der Waals surface area contributed by atoms with Gasteiger partial charge in [0.05, 0.1) is 17.1 Å². The summed E-state index contributed by atoms with van der Waals surface area (Å²) in [6.07, 6.45) is 10.3. The van der Waals surface area contributed by atoms with Gasteiger partial charge in [-0.2, -0.15) is 0 Å². The Balaban J connectivity index is 1.45. The summed E-state index contributed by atoms with van der Waals surface area (Å²) >= 11 is 1.68. The van der Waals surface area contributed by atoms with E-state index in [0.717, 1.165) is 71.1 Å². The molecule has 1 saturated carbocycles. The van der Waals surface area contributed by atoms with E-state index in [1.165, 1.54) is 18.0 Å². The van der Waals surface area contributed by atoms with E-state index in [2.05, 4.69) is 41.5 Å². The van der Waals surface area contributed by atoms with Gasteiger partial charge in [0.2, 0.25) is 0 Å². The van der Waals surface area contributed by atoms with Crippen LogP contribution in [-0.4, -0.2) is 44.7 Å². The summed E-state index contributed by atoms with van der Waals surface area (Å²) in [5, 5.41) is 29.9. The van der Waals surface area contributed by atoms with Gasteiger partial charge in [-0.15, -0.1) is 0 Å². The average Bonchev–Trinajstić information content (AvgIpc) is 3.09. The van der Waals surface area contributed by atoms with Crippen LogP contribution in [0.4, 0.5) is 11.6 Å². The first-order valence-electron chi connectivity index (χ1n) is 13.8. The zero-order valence-electron chi connectivity index (χ0n) is 22.3. The maximum atomic E-state index is 9.92. The summed E-state index contributed by atoms with van der Waals surface area (Å²) < 4.78 is 0. The van der Waals surface area contributed by atoms with Crippen LogP contribution in [0.3, 0.4) is 0 Å². The van der Waals surface area contributed by atoms with Crippen molar-refractivity contribution in [1.29, 1.82) is 10.8 Å². The molecule has 0 saturated heterocycles. The fourth-order valence-corrected chi connectivity index (χ4v) is 6.51. The van der Waals surface area contributed by atoms with Gasteiger partial charge in [-0.1, -0.05) is 36.9 Å². The number of aliphatic hydroxyl groups excluding tert-OH is 1. The maximum absolute atomic E-state index is 9.92. The first-order chi connectivity index (χ1) is 19.0. The molecule has 2 aromatic heterocycles. The molecule has 3 aromatic rings. The minimum atomic E-state index is -0.311. The highest BCUT2D eigenvalue weighted by molar-refractivity contribution is 8.14. The van der Waals surface area contributed by atoms with Crippen molar-refractivity contribution in [3.63, 3.8) is 0 Å². The van der Waals surface area contributed by atoms with Crippen LogP contribution in [-0.2, 0) is 6.42 Å². The molecule has 2 aliphatic rings. The van der Waals surface area contributed by atoms with E-state index in [0.29, 0.717) is 24.2 Å². The Kier molecular flexibility index (Phi) is 8.84. The van der Waals surface area contributed by atoms with E-state index in [9.17, 15) is 5.11 Å². The molecule has 0 spiro atoms. The topological polar surface area (TPSA) is 118 Å². The number of aromatic nitrogens is 2. The molecule has 1 aliphatic heterocycles. The van der Waals surface area contributed by atoms with E-state index < -0.39 is 0 Å². The number of pyridine rings is 2. The second-order valence-electron chi connectivity index (χ2n) is 10.6. The Morgan fingerprint density at radius 2 is 1.90 bits per heavy atom. The number of hydrogen-bond acceptors (Lipinski definition) is 8. The van der Waals surface area contributed by atoms with Crippen LogP contribution in [0.15, 0.2) is 64.6 Å². The molecule has 1 unspecified atom stereocenters. The molecule has 0 bridgehead atoms. The number of benzene rings is 1. The monoisotopic (exact) mass is 540 g/mol. The highest BCUT2D eigenvalue weighted by atomic mass is 32.2. The molecule has 8 heteroatoms. The minimum absolute atomic E-state index is 0.195. The Morgan fingerprint density at radius 1 is 1.08 bits per heavy atom. The van der Waals surface area contributed by atoms with Crippen molar-refractivity contribution in [2.24, 2.45) is 4.99 Å². The van der Waals surface area contributed by atoms with E-state index in [1.807, 2.05) is 30.5 Å². The van der Waals surface area contributed by atoms with E-state index in [1.54, 1.807) is 11.8 Å². The van der Waals surface area contributed by atoms with Crippen molar-refractivity contribution in [3.8, 4) is 0 Å². The fourth-order valence-electron chi connectivity index (χ4n) is 5.32. The summed E-state index contributed by atoms with van der Waals surface area (Å²) in [4.78, 5) is 15.6. The predicted octanol–water partition coefficient (Wildman–Crippen LogP) is 6.89. The van der Waals surface area contributed by atoms with E-state index >= 15 is 0 Å². The second-order valence-corrected chi connectivity index (χ2v) is 11.7. The Hall–Kier alpha value is -3.36. The van der Waals surface area contributed by atoms with Crippen LogP contribution in [0.25, 0.3) is 0 Å². The first kappa shape index (κ1) is 27.2. The zero-order chi connectivity index (χ0) is 27.2. The number of thioether (sulfide) groups is 1. The normalized spacial score (nSPS) is 22.9. The Labute approximate surface area is 234 Å². The number of fused-ring (bicyclic) bond motifs is 1. The lowest BCUT2D eigenvalue weighted by Gasteiger charge is -2.26. The van der Waals surface area contributed by atoms with Gasteiger partial charge in [-0.25, -0.2) is 9.98 Å². The van der Waals surface area contributed by atoms with Crippen molar-refractivity contribution >= 4 is 40.9 Å². The quantitative estimate of drug-likeness (QED) is 0.232. The van der Waals surface area contributed by atoms with Gasteiger partial charge in [0.25, 0.3) is 0 Å². The molecule has 7 nitrogen and oxygen atoms in total. The third-order valence-electron chi connectivity index (χ3n) is 7.60.